The van der Waals surface area contributed by atoms with Crippen molar-refractivity contribution < 1.29 is 14.3 Å². The van der Waals surface area contributed by atoms with Crippen molar-refractivity contribution >= 4 is 43.8 Å². The molecule has 5 aromatic rings. The SMILES string of the molecule is COc1cc(OC)cc(C(=O)Nc2sc3c(c2-c2nc4ccccc4s2)CCN(Cc2ccccc2)C3)c1. The number of aromatic nitrogens is 1. The smallest absolute Gasteiger partial charge is 0.256 e. The lowest BCUT2D eigenvalue weighted by molar-refractivity contribution is 0.102. The van der Waals surface area contributed by atoms with Gasteiger partial charge in [-0.2, -0.15) is 0 Å². The molecule has 1 aliphatic heterocycles. The molecule has 1 amide bonds. The van der Waals surface area contributed by atoms with Gasteiger partial charge in [-0.3, -0.25) is 9.69 Å². The van der Waals surface area contributed by atoms with Gasteiger partial charge in [0.1, 0.15) is 21.5 Å². The number of nitrogens with one attached hydrogen (secondary N) is 1. The fourth-order valence-electron chi connectivity index (χ4n) is 4.84. The minimum atomic E-state index is -0.204. The number of methoxy groups -OCH3 is 2. The predicted molar refractivity (Wildman–Crippen MR) is 155 cm³/mol. The van der Waals surface area contributed by atoms with Gasteiger partial charge in [0.2, 0.25) is 0 Å². The van der Waals surface area contributed by atoms with Crippen molar-refractivity contribution in [3.63, 3.8) is 0 Å². The second-order valence-electron chi connectivity index (χ2n) is 9.20. The third-order valence-corrected chi connectivity index (χ3v) is 8.92. The molecule has 1 N–H and O–H groups in total. The Bertz CT molecular complexity index is 1550. The summed E-state index contributed by atoms with van der Waals surface area (Å²) in [6.45, 7) is 2.70. The number of fused-ring (bicyclic) bond motifs is 2. The molecule has 0 unspecified atom stereocenters. The summed E-state index contributed by atoms with van der Waals surface area (Å²) in [6, 6.07) is 24.0. The fourth-order valence-corrected chi connectivity index (χ4v) is 7.24. The van der Waals surface area contributed by atoms with Crippen LogP contribution >= 0.6 is 22.7 Å². The molecule has 0 spiro atoms. The molecule has 0 saturated heterocycles. The van der Waals surface area contributed by atoms with Crippen molar-refractivity contribution in [2.75, 3.05) is 26.1 Å². The highest BCUT2D eigenvalue weighted by atomic mass is 32.1. The van der Waals surface area contributed by atoms with Crippen LogP contribution in [0.15, 0.2) is 72.8 Å². The first-order chi connectivity index (χ1) is 18.6. The Morgan fingerprint density at radius 2 is 1.71 bits per heavy atom. The molecule has 0 fully saturated rings. The highest BCUT2D eigenvalue weighted by molar-refractivity contribution is 7.23. The summed E-state index contributed by atoms with van der Waals surface area (Å²) in [4.78, 5) is 22.2. The summed E-state index contributed by atoms with van der Waals surface area (Å²) >= 11 is 3.33. The van der Waals surface area contributed by atoms with Crippen LogP contribution in [-0.2, 0) is 19.5 Å². The zero-order chi connectivity index (χ0) is 26.1. The zero-order valence-electron chi connectivity index (χ0n) is 21.2. The molecule has 3 heterocycles. The number of carbonyl (C=O) groups excluding carboxylic acids is 1. The van der Waals surface area contributed by atoms with Crippen LogP contribution in [0, 0.1) is 0 Å². The Labute approximate surface area is 229 Å². The highest BCUT2D eigenvalue weighted by Crippen LogP contribution is 2.46. The molecular weight excluding hydrogens is 514 g/mol. The fraction of sp³-hybridized carbons (Fsp3) is 0.200. The van der Waals surface area contributed by atoms with E-state index in [-0.39, 0.29) is 5.91 Å². The molecule has 3 aromatic carbocycles. The second kappa shape index (κ2) is 10.6. The van der Waals surface area contributed by atoms with Gasteiger partial charge in [-0.1, -0.05) is 42.5 Å². The molecule has 8 heteroatoms. The van der Waals surface area contributed by atoms with Crippen LogP contribution < -0.4 is 14.8 Å². The van der Waals surface area contributed by atoms with Gasteiger partial charge in [0.05, 0.1) is 24.4 Å². The number of nitrogens with zero attached hydrogens (tertiary/aromatic N) is 2. The van der Waals surface area contributed by atoms with Gasteiger partial charge in [0.15, 0.2) is 0 Å². The topological polar surface area (TPSA) is 63.7 Å². The molecule has 38 heavy (non-hydrogen) atoms. The van der Waals surface area contributed by atoms with Gasteiger partial charge in [-0.05, 0) is 41.8 Å². The normalized spacial score (nSPS) is 13.3. The molecule has 0 atom stereocenters. The predicted octanol–water partition coefficient (Wildman–Crippen LogP) is 6.85. The standard InChI is InChI=1S/C30H27N3O3S2/c1-35-21-14-20(15-22(16-21)36-2)28(34)32-30-27(29-31-24-10-6-7-11-25(24)37-29)23-12-13-33(18-26(23)38-30)17-19-8-4-3-5-9-19/h3-11,14-16H,12-13,17-18H2,1-2H3,(H,32,34). The first kappa shape index (κ1) is 24.6. The van der Waals surface area contributed by atoms with E-state index in [2.05, 4.69) is 40.5 Å². The van der Waals surface area contributed by atoms with E-state index in [1.54, 1.807) is 55.1 Å². The number of benzene rings is 3. The van der Waals surface area contributed by atoms with E-state index in [1.165, 1.54) is 16.0 Å². The van der Waals surface area contributed by atoms with E-state index < -0.39 is 0 Å². The molecule has 1 aliphatic rings. The lowest BCUT2D eigenvalue weighted by atomic mass is 10.0. The molecule has 0 saturated carbocycles. The van der Waals surface area contributed by atoms with Gasteiger partial charge >= 0.3 is 0 Å². The first-order valence-corrected chi connectivity index (χ1v) is 14.1. The van der Waals surface area contributed by atoms with Gasteiger partial charge in [-0.25, -0.2) is 4.98 Å². The monoisotopic (exact) mass is 541 g/mol. The number of thiophene rings is 1. The Kier molecular flexibility index (Phi) is 6.84. The quantitative estimate of drug-likeness (QED) is 0.244. The van der Waals surface area contributed by atoms with Crippen LogP contribution in [0.5, 0.6) is 11.5 Å². The minimum absolute atomic E-state index is 0.204. The number of thiazole rings is 1. The largest absolute Gasteiger partial charge is 0.497 e. The maximum absolute atomic E-state index is 13.5. The Balaban J connectivity index is 1.37. The number of para-hydroxylation sites is 1. The average Bonchev–Trinajstić information content (AvgIpc) is 3.53. The number of amides is 1. The van der Waals surface area contributed by atoms with Gasteiger partial charge in [-0.15, -0.1) is 22.7 Å². The molecule has 192 valence electrons. The summed E-state index contributed by atoms with van der Waals surface area (Å²) in [5, 5.41) is 4.99. The molecule has 0 bridgehead atoms. The minimum Gasteiger partial charge on any atom is -0.497 e. The van der Waals surface area contributed by atoms with E-state index in [4.69, 9.17) is 14.5 Å². The summed E-state index contributed by atoms with van der Waals surface area (Å²) in [5.74, 6) is 0.940. The number of hydrogen-bond donors (Lipinski definition) is 1. The number of carbonyl (C=O) groups is 1. The number of hydrogen-bond acceptors (Lipinski definition) is 7. The summed E-state index contributed by atoms with van der Waals surface area (Å²) in [5.41, 5.74) is 5.10. The van der Waals surface area contributed by atoms with Gasteiger partial charge in [0.25, 0.3) is 5.91 Å². The van der Waals surface area contributed by atoms with Crippen LogP contribution in [0.1, 0.15) is 26.4 Å². The maximum atomic E-state index is 13.5. The molecule has 0 aliphatic carbocycles. The Hall–Kier alpha value is -3.72. The van der Waals surface area contributed by atoms with Gasteiger partial charge in [0, 0.05) is 41.7 Å². The number of ether oxygens (including phenoxy) is 2. The second-order valence-corrected chi connectivity index (χ2v) is 11.3. The number of anilines is 1. The van der Waals surface area contributed by atoms with Crippen LogP contribution in [-0.4, -0.2) is 36.6 Å². The molecule has 6 nitrogen and oxygen atoms in total. The molecular formula is C30H27N3O3S2. The lowest BCUT2D eigenvalue weighted by Gasteiger charge is -2.27. The van der Waals surface area contributed by atoms with Crippen LogP contribution in [0.25, 0.3) is 20.8 Å². The van der Waals surface area contributed by atoms with E-state index >= 15 is 0 Å². The van der Waals surface area contributed by atoms with E-state index in [0.29, 0.717) is 17.1 Å². The summed E-state index contributed by atoms with van der Waals surface area (Å²) in [7, 11) is 3.16. The maximum Gasteiger partial charge on any atom is 0.256 e. The lowest BCUT2D eigenvalue weighted by Crippen LogP contribution is -2.29. The third-order valence-electron chi connectivity index (χ3n) is 6.73. The van der Waals surface area contributed by atoms with E-state index in [1.807, 2.05) is 24.3 Å². The first-order valence-electron chi connectivity index (χ1n) is 12.4. The van der Waals surface area contributed by atoms with E-state index in [9.17, 15) is 4.79 Å². The van der Waals surface area contributed by atoms with Crippen LogP contribution in [0.4, 0.5) is 5.00 Å². The Morgan fingerprint density at radius 3 is 2.45 bits per heavy atom. The van der Waals surface area contributed by atoms with Crippen molar-refractivity contribution in [2.45, 2.75) is 19.5 Å². The van der Waals surface area contributed by atoms with E-state index in [0.717, 1.165) is 51.8 Å². The van der Waals surface area contributed by atoms with Crippen molar-refractivity contribution in [1.29, 1.82) is 0 Å². The van der Waals surface area contributed by atoms with Crippen LogP contribution in [0.3, 0.4) is 0 Å². The number of rotatable bonds is 7. The molecule has 6 rings (SSSR count). The van der Waals surface area contributed by atoms with Crippen molar-refractivity contribution in [3.05, 3.63) is 94.4 Å². The Morgan fingerprint density at radius 1 is 0.974 bits per heavy atom. The summed E-state index contributed by atoms with van der Waals surface area (Å²) < 4.78 is 11.9. The molecule has 2 aromatic heterocycles. The van der Waals surface area contributed by atoms with Crippen molar-refractivity contribution in [1.82, 2.24) is 9.88 Å². The zero-order valence-corrected chi connectivity index (χ0v) is 22.8. The summed E-state index contributed by atoms with van der Waals surface area (Å²) in [6.07, 6.45) is 0.910. The third kappa shape index (κ3) is 4.90. The van der Waals surface area contributed by atoms with Crippen LogP contribution in [0.2, 0.25) is 0 Å². The highest BCUT2D eigenvalue weighted by Gasteiger charge is 2.28. The average molecular weight is 542 g/mol. The van der Waals surface area contributed by atoms with Crippen molar-refractivity contribution in [3.8, 4) is 22.1 Å². The van der Waals surface area contributed by atoms with Crippen molar-refractivity contribution in [2.24, 2.45) is 0 Å². The van der Waals surface area contributed by atoms with Gasteiger partial charge < -0.3 is 14.8 Å². The molecule has 0 radical (unpaired) electrons.